The minimum Gasteiger partial charge on any atom is -0.493 e. The Hall–Kier alpha value is -3.71. The van der Waals surface area contributed by atoms with E-state index in [-0.39, 0.29) is 12.6 Å². The quantitative estimate of drug-likeness (QED) is 0.223. The number of aryl methyl sites for hydroxylation is 1. The van der Waals surface area contributed by atoms with Crippen LogP contribution in [0.15, 0.2) is 65.8 Å². The Balaban J connectivity index is 1.32. The molecule has 7 heteroatoms. The van der Waals surface area contributed by atoms with E-state index in [4.69, 9.17) is 14.5 Å². The summed E-state index contributed by atoms with van der Waals surface area (Å²) in [6, 6.07) is 21.1. The summed E-state index contributed by atoms with van der Waals surface area (Å²) in [7, 11) is 0. The predicted molar refractivity (Wildman–Crippen MR) is 138 cm³/mol. The average molecular weight is 471 g/mol. The van der Waals surface area contributed by atoms with Crippen molar-refractivity contribution in [3.8, 4) is 11.4 Å². The van der Waals surface area contributed by atoms with Crippen LogP contribution >= 0.6 is 0 Å². The molecule has 0 saturated heterocycles. The first-order chi connectivity index (χ1) is 17.2. The number of benzene rings is 3. The Morgan fingerprint density at radius 3 is 2.91 bits per heavy atom. The molecule has 35 heavy (non-hydrogen) atoms. The lowest BCUT2D eigenvalue weighted by molar-refractivity contribution is 0.131. The monoisotopic (exact) mass is 470 g/mol. The highest BCUT2D eigenvalue weighted by molar-refractivity contribution is 5.78. The number of anilines is 1. The number of hydrogen-bond acceptors (Lipinski definition) is 6. The van der Waals surface area contributed by atoms with Crippen LogP contribution in [0.5, 0.6) is 5.75 Å². The second-order valence-corrected chi connectivity index (χ2v) is 8.84. The van der Waals surface area contributed by atoms with Crippen LogP contribution in [-0.4, -0.2) is 29.5 Å². The molecule has 1 N–H and O–H groups in total. The van der Waals surface area contributed by atoms with Crippen LogP contribution in [0.3, 0.4) is 0 Å². The van der Waals surface area contributed by atoms with Crippen molar-refractivity contribution in [2.75, 3.05) is 25.3 Å². The molecule has 0 radical (unpaired) electrons. The van der Waals surface area contributed by atoms with E-state index in [2.05, 4.69) is 83.5 Å². The molecule has 0 unspecified atom stereocenters. The molecule has 3 aromatic carbocycles. The van der Waals surface area contributed by atoms with Gasteiger partial charge in [-0.3, -0.25) is 4.57 Å². The van der Waals surface area contributed by atoms with Crippen molar-refractivity contribution in [3.05, 3.63) is 88.1 Å². The van der Waals surface area contributed by atoms with E-state index >= 15 is 0 Å². The summed E-state index contributed by atoms with van der Waals surface area (Å²) >= 11 is 0. The maximum Gasteiger partial charge on any atom is 0.179 e. The van der Waals surface area contributed by atoms with Crippen molar-refractivity contribution in [1.29, 1.82) is 0 Å². The van der Waals surface area contributed by atoms with E-state index in [0.717, 1.165) is 41.1 Å². The van der Waals surface area contributed by atoms with E-state index in [1.807, 2.05) is 6.07 Å². The molecule has 0 fully saturated rings. The van der Waals surface area contributed by atoms with Crippen LogP contribution in [0.1, 0.15) is 41.8 Å². The maximum absolute atomic E-state index is 10.2. The highest BCUT2D eigenvalue weighted by Crippen LogP contribution is 2.38. The molecule has 5 rings (SSSR count). The number of para-hydroxylation sites is 2. The van der Waals surface area contributed by atoms with Gasteiger partial charge >= 0.3 is 0 Å². The highest BCUT2D eigenvalue weighted by Gasteiger charge is 2.24. The number of nitroso groups, excluding NO2 is 1. The van der Waals surface area contributed by atoms with Crippen LogP contribution in [0, 0.1) is 11.8 Å². The van der Waals surface area contributed by atoms with Gasteiger partial charge in [-0.1, -0.05) is 37.3 Å². The molecular weight excluding hydrogens is 440 g/mol. The lowest BCUT2D eigenvalue weighted by Crippen LogP contribution is -2.07. The summed E-state index contributed by atoms with van der Waals surface area (Å²) in [6.45, 7) is 6.08. The lowest BCUT2D eigenvalue weighted by atomic mass is 9.98. The first-order valence-corrected chi connectivity index (χ1v) is 12.1. The molecule has 4 aromatic rings. The molecule has 0 spiro atoms. The van der Waals surface area contributed by atoms with Gasteiger partial charge in [-0.15, -0.1) is 4.91 Å². The number of nitrogens with zero attached hydrogens (tertiary/aromatic N) is 3. The van der Waals surface area contributed by atoms with Crippen molar-refractivity contribution in [2.24, 2.45) is 5.18 Å². The molecule has 0 saturated carbocycles. The van der Waals surface area contributed by atoms with Gasteiger partial charge in [0, 0.05) is 42.8 Å². The third kappa shape index (κ3) is 4.64. The van der Waals surface area contributed by atoms with Crippen LogP contribution in [0.4, 0.5) is 5.69 Å². The number of rotatable bonds is 10. The molecule has 0 amide bonds. The standard InChI is InChI=1S/C28H30N4O3/c1-3-28-31-24-8-4-5-9-26(24)32(28)25-10-6-7-20(19(25)2)16-29-22-11-12-23-21(13-14-34-18-30-33)17-35-27(23)15-22/h4-12,15,21,29H,3,13-14,16-18H2,1-2H3/t21-/m1/s1. The normalized spacial score (nSPS) is 14.6. The van der Waals surface area contributed by atoms with Crippen LogP contribution in [0.25, 0.3) is 16.7 Å². The fourth-order valence-corrected chi connectivity index (χ4v) is 4.84. The van der Waals surface area contributed by atoms with E-state index in [1.165, 1.54) is 22.4 Å². The number of ether oxygens (including phenoxy) is 2. The zero-order valence-electron chi connectivity index (χ0n) is 20.2. The van der Waals surface area contributed by atoms with Crippen LogP contribution in [-0.2, 0) is 17.7 Å². The smallest absolute Gasteiger partial charge is 0.179 e. The molecule has 1 atom stereocenters. The fourth-order valence-electron chi connectivity index (χ4n) is 4.84. The van der Waals surface area contributed by atoms with Gasteiger partial charge in [-0.2, -0.15) is 0 Å². The summed E-state index contributed by atoms with van der Waals surface area (Å²) < 4.78 is 13.4. The van der Waals surface area contributed by atoms with Crippen molar-refractivity contribution in [1.82, 2.24) is 9.55 Å². The van der Waals surface area contributed by atoms with E-state index in [0.29, 0.717) is 19.8 Å². The Labute approximate surface area is 205 Å². The largest absolute Gasteiger partial charge is 0.493 e. The summed E-state index contributed by atoms with van der Waals surface area (Å²) in [5.74, 6) is 2.26. The van der Waals surface area contributed by atoms with Gasteiger partial charge in [0.2, 0.25) is 0 Å². The minimum absolute atomic E-state index is 0.0965. The highest BCUT2D eigenvalue weighted by atomic mass is 16.5. The maximum atomic E-state index is 10.2. The molecule has 0 aliphatic carbocycles. The number of nitrogens with one attached hydrogen (secondary N) is 1. The molecule has 180 valence electrons. The second-order valence-electron chi connectivity index (χ2n) is 8.84. The van der Waals surface area contributed by atoms with Crippen molar-refractivity contribution in [3.63, 3.8) is 0 Å². The number of imidazole rings is 1. The second kappa shape index (κ2) is 10.3. The van der Waals surface area contributed by atoms with E-state index < -0.39 is 0 Å². The molecule has 1 aliphatic heterocycles. The minimum atomic E-state index is -0.0965. The molecular formula is C28H30N4O3. The number of aromatic nitrogens is 2. The lowest BCUT2D eigenvalue weighted by Gasteiger charge is -2.16. The molecule has 2 heterocycles. The van der Waals surface area contributed by atoms with E-state index in [1.54, 1.807) is 0 Å². The van der Waals surface area contributed by atoms with Gasteiger partial charge in [0.1, 0.15) is 11.6 Å². The van der Waals surface area contributed by atoms with Gasteiger partial charge in [0.15, 0.2) is 6.73 Å². The first-order valence-electron chi connectivity index (χ1n) is 12.1. The average Bonchev–Trinajstić information content (AvgIpc) is 3.47. The molecule has 7 nitrogen and oxygen atoms in total. The van der Waals surface area contributed by atoms with Crippen molar-refractivity contribution in [2.45, 2.75) is 39.2 Å². The fraction of sp³-hybridized carbons (Fsp3) is 0.321. The SMILES string of the molecule is CCc1nc2ccccc2n1-c1cccc(CNc2ccc3c(c2)OC[C@H]3CCOCN=O)c1C. The van der Waals surface area contributed by atoms with Crippen LogP contribution in [0.2, 0.25) is 0 Å². The summed E-state index contributed by atoms with van der Waals surface area (Å²) in [4.78, 5) is 15.0. The Morgan fingerprint density at radius 1 is 1.17 bits per heavy atom. The van der Waals surface area contributed by atoms with Crippen LogP contribution < -0.4 is 10.1 Å². The molecule has 0 bridgehead atoms. The van der Waals surface area contributed by atoms with Crippen molar-refractivity contribution < 1.29 is 9.47 Å². The van der Waals surface area contributed by atoms with E-state index in [9.17, 15) is 4.91 Å². The summed E-state index contributed by atoms with van der Waals surface area (Å²) in [5, 5.41) is 6.30. The zero-order chi connectivity index (χ0) is 24.2. The third-order valence-electron chi connectivity index (χ3n) is 6.74. The number of fused-ring (bicyclic) bond motifs is 2. The number of hydrogen-bond donors (Lipinski definition) is 1. The van der Waals surface area contributed by atoms with Gasteiger partial charge in [0.05, 0.1) is 23.3 Å². The summed E-state index contributed by atoms with van der Waals surface area (Å²) in [5.41, 5.74) is 8.02. The van der Waals surface area contributed by atoms with Gasteiger partial charge in [0.25, 0.3) is 0 Å². The third-order valence-corrected chi connectivity index (χ3v) is 6.74. The Kier molecular flexibility index (Phi) is 6.77. The zero-order valence-corrected chi connectivity index (χ0v) is 20.2. The topological polar surface area (TPSA) is 77.7 Å². The van der Waals surface area contributed by atoms with Gasteiger partial charge in [-0.05, 0) is 53.9 Å². The van der Waals surface area contributed by atoms with Gasteiger partial charge < -0.3 is 14.8 Å². The van der Waals surface area contributed by atoms with Gasteiger partial charge in [-0.25, -0.2) is 4.98 Å². The summed E-state index contributed by atoms with van der Waals surface area (Å²) in [6.07, 6.45) is 1.68. The Bertz CT molecular complexity index is 1350. The van der Waals surface area contributed by atoms with Crippen molar-refractivity contribution >= 4 is 16.7 Å². The first kappa shape index (κ1) is 23.1. The Morgan fingerprint density at radius 2 is 2.06 bits per heavy atom. The predicted octanol–water partition coefficient (Wildman–Crippen LogP) is 6.12. The molecule has 1 aromatic heterocycles. The molecule has 1 aliphatic rings.